The van der Waals surface area contributed by atoms with E-state index in [1.165, 1.54) is 29.2 Å². The van der Waals surface area contributed by atoms with Crippen molar-refractivity contribution in [2.75, 3.05) is 11.1 Å². The molecule has 2 atom stereocenters. The van der Waals surface area contributed by atoms with E-state index < -0.39 is 5.54 Å². The number of thiazole rings is 1. The molecule has 0 bridgehead atoms. The van der Waals surface area contributed by atoms with Crippen LogP contribution in [0.25, 0.3) is 0 Å². The summed E-state index contributed by atoms with van der Waals surface area (Å²) < 4.78 is 15.4. The van der Waals surface area contributed by atoms with E-state index in [9.17, 15) is 9.18 Å². The fourth-order valence-corrected chi connectivity index (χ4v) is 5.78. The average molecular weight is 455 g/mol. The van der Waals surface area contributed by atoms with Gasteiger partial charge in [-0.1, -0.05) is 18.2 Å². The van der Waals surface area contributed by atoms with Crippen LogP contribution in [0.4, 0.5) is 10.1 Å². The van der Waals surface area contributed by atoms with E-state index in [0.29, 0.717) is 26.0 Å². The van der Waals surface area contributed by atoms with Crippen molar-refractivity contribution in [3.8, 4) is 0 Å². The molecule has 3 N–H and O–H groups in total. The number of benzene rings is 1. The predicted molar refractivity (Wildman–Crippen MR) is 107 cm³/mol. The lowest BCUT2D eigenvalue weighted by molar-refractivity contribution is 0.102. The maximum atomic E-state index is 14.7. The number of rotatable bonds is 3. The number of nitrogens with two attached hydrogens (primary N) is 1. The Labute approximate surface area is 166 Å². The lowest BCUT2D eigenvalue weighted by Gasteiger charge is -2.36. The van der Waals surface area contributed by atoms with Crippen molar-refractivity contribution >= 4 is 55.8 Å². The Kier molecular flexibility index (Phi) is 4.79. The van der Waals surface area contributed by atoms with Crippen LogP contribution in [0, 0.1) is 11.7 Å². The summed E-state index contributed by atoms with van der Waals surface area (Å²) in [7, 11) is 0. The maximum Gasteiger partial charge on any atom is 0.275 e. The Bertz CT molecular complexity index is 903. The summed E-state index contributed by atoms with van der Waals surface area (Å²) in [6.45, 7) is 0. The topological polar surface area (TPSA) is 80.4 Å². The first-order chi connectivity index (χ1) is 12.5. The van der Waals surface area contributed by atoms with Gasteiger partial charge in [-0.05, 0) is 52.9 Å². The second-order valence-corrected chi connectivity index (χ2v) is 9.58. The van der Waals surface area contributed by atoms with Gasteiger partial charge in [0.2, 0.25) is 0 Å². The molecule has 1 saturated carbocycles. The van der Waals surface area contributed by atoms with Crippen molar-refractivity contribution in [2.45, 2.75) is 24.8 Å². The minimum atomic E-state index is -0.621. The minimum Gasteiger partial charge on any atom is -0.379 e. The molecule has 0 unspecified atom stereocenters. The van der Waals surface area contributed by atoms with Crippen LogP contribution >= 0.6 is 39.0 Å². The van der Waals surface area contributed by atoms with Gasteiger partial charge in [-0.15, -0.1) is 11.3 Å². The Morgan fingerprint density at radius 2 is 2.31 bits per heavy atom. The van der Waals surface area contributed by atoms with Gasteiger partial charge >= 0.3 is 0 Å². The van der Waals surface area contributed by atoms with Gasteiger partial charge in [-0.2, -0.15) is 0 Å². The molecule has 2 heterocycles. The van der Waals surface area contributed by atoms with Crippen molar-refractivity contribution in [1.29, 1.82) is 0 Å². The van der Waals surface area contributed by atoms with Gasteiger partial charge in [0.15, 0.2) is 9.08 Å². The zero-order chi connectivity index (χ0) is 18.3. The number of aromatic nitrogens is 1. The summed E-state index contributed by atoms with van der Waals surface area (Å²) in [6, 6.07) is 4.64. The number of aliphatic imine (C=N–C) groups is 1. The Morgan fingerprint density at radius 1 is 1.46 bits per heavy atom. The van der Waals surface area contributed by atoms with Crippen LogP contribution in [0.1, 0.15) is 35.3 Å². The molecule has 1 aliphatic carbocycles. The van der Waals surface area contributed by atoms with Gasteiger partial charge in [0.1, 0.15) is 11.5 Å². The van der Waals surface area contributed by atoms with Crippen molar-refractivity contribution in [2.24, 2.45) is 16.6 Å². The normalized spacial score (nSPS) is 24.8. The van der Waals surface area contributed by atoms with Crippen LogP contribution in [-0.4, -0.2) is 21.8 Å². The fourth-order valence-electron chi connectivity index (χ4n) is 3.75. The van der Waals surface area contributed by atoms with Crippen molar-refractivity contribution < 1.29 is 9.18 Å². The Balaban J connectivity index is 1.68. The Hall–Kier alpha value is -1.45. The number of hydrogen-bond acceptors (Lipinski definition) is 6. The summed E-state index contributed by atoms with van der Waals surface area (Å²) in [6.07, 6.45) is 2.77. The average Bonchev–Trinajstić information content (AvgIpc) is 3.23. The van der Waals surface area contributed by atoms with Crippen LogP contribution in [0.15, 0.2) is 32.5 Å². The molecule has 2 aromatic rings. The molecule has 2 aliphatic rings. The third-order valence-electron chi connectivity index (χ3n) is 4.93. The third-order valence-corrected chi connectivity index (χ3v) is 7.25. The number of anilines is 1. The molecule has 136 valence electrons. The monoisotopic (exact) mass is 454 g/mol. The third kappa shape index (κ3) is 3.16. The number of nitrogens with zero attached hydrogens (tertiary/aromatic N) is 2. The van der Waals surface area contributed by atoms with Crippen LogP contribution in [-0.2, 0) is 5.54 Å². The second-order valence-electron chi connectivity index (χ2n) is 6.41. The highest BCUT2D eigenvalue weighted by molar-refractivity contribution is 9.11. The van der Waals surface area contributed by atoms with E-state index in [-0.39, 0.29) is 17.6 Å². The molecule has 1 aromatic heterocycles. The fraction of sp³-hybridized carbons (Fsp3) is 0.353. The van der Waals surface area contributed by atoms with Crippen LogP contribution in [0.3, 0.4) is 0 Å². The van der Waals surface area contributed by atoms with Gasteiger partial charge in [0.25, 0.3) is 5.91 Å². The van der Waals surface area contributed by atoms with Crippen molar-refractivity contribution in [3.05, 3.63) is 44.6 Å². The number of nitrogens with one attached hydrogen (secondary N) is 1. The summed E-state index contributed by atoms with van der Waals surface area (Å²) in [4.78, 5) is 21.1. The maximum absolute atomic E-state index is 14.7. The van der Waals surface area contributed by atoms with E-state index in [4.69, 9.17) is 5.73 Å². The molecule has 0 spiro atoms. The van der Waals surface area contributed by atoms with Crippen LogP contribution in [0.2, 0.25) is 0 Å². The van der Waals surface area contributed by atoms with Crippen LogP contribution in [0.5, 0.6) is 0 Å². The molecule has 1 aromatic carbocycles. The SMILES string of the molecule is NC1=N[C@@]2(c3cc(NC(=O)c4csc(Br)n4)ccc3F)CCC[C@H]2CS1. The number of hydrogen-bond donors (Lipinski definition) is 2. The van der Waals surface area contributed by atoms with E-state index >= 15 is 0 Å². The zero-order valence-corrected chi connectivity index (χ0v) is 16.9. The number of fused-ring (bicyclic) bond motifs is 1. The number of amidine groups is 1. The lowest BCUT2D eigenvalue weighted by atomic mass is 9.81. The Morgan fingerprint density at radius 3 is 3.08 bits per heavy atom. The van der Waals surface area contributed by atoms with Crippen molar-refractivity contribution in [1.82, 2.24) is 4.98 Å². The number of carbonyl (C=O) groups excluding carboxylic acids is 1. The number of carbonyl (C=O) groups is 1. The molecule has 0 saturated heterocycles. The van der Waals surface area contributed by atoms with Gasteiger partial charge < -0.3 is 11.1 Å². The summed E-state index contributed by atoms with van der Waals surface area (Å²) >= 11 is 6.11. The molecular formula is C17H16BrFN4OS2. The molecule has 4 rings (SSSR count). The summed E-state index contributed by atoms with van der Waals surface area (Å²) in [5.41, 5.74) is 6.71. The van der Waals surface area contributed by atoms with Crippen LogP contribution < -0.4 is 11.1 Å². The molecule has 1 amide bonds. The first kappa shape index (κ1) is 17.9. The molecule has 1 fully saturated rings. The number of amides is 1. The van der Waals surface area contributed by atoms with Gasteiger partial charge in [-0.3, -0.25) is 9.79 Å². The molecule has 0 radical (unpaired) electrons. The molecule has 9 heteroatoms. The number of halogens is 2. The van der Waals surface area contributed by atoms with E-state index in [1.807, 2.05) is 0 Å². The first-order valence-electron chi connectivity index (χ1n) is 8.18. The van der Waals surface area contributed by atoms with E-state index in [2.05, 4.69) is 31.2 Å². The van der Waals surface area contributed by atoms with Crippen molar-refractivity contribution in [3.63, 3.8) is 0 Å². The van der Waals surface area contributed by atoms with Gasteiger partial charge in [0.05, 0.1) is 5.54 Å². The lowest BCUT2D eigenvalue weighted by Crippen LogP contribution is -2.37. The summed E-state index contributed by atoms with van der Waals surface area (Å²) in [5.74, 6) is 0.467. The first-order valence-corrected chi connectivity index (χ1v) is 10.8. The van der Waals surface area contributed by atoms with E-state index in [1.54, 1.807) is 17.5 Å². The highest BCUT2D eigenvalue weighted by Crippen LogP contribution is 2.51. The van der Waals surface area contributed by atoms with E-state index in [0.717, 1.165) is 25.0 Å². The predicted octanol–water partition coefficient (Wildman–Crippen LogP) is 4.35. The zero-order valence-electron chi connectivity index (χ0n) is 13.7. The number of thioether (sulfide) groups is 1. The quantitative estimate of drug-likeness (QED) is 0.721. The second kappa shape index (κ2) is 6.94. The van der Waals surface area contributed by atoms with Gasteiger partial charge in [0, 0.05) is 22.4 Å². The highest BCUT2D eigenvalue weighted by Gasteiger charge is 2.48. The minimum absolute atomic E-state index is 0.259. The largest absolute Gasteiger partial charge is 0.379 e. The molecule has 1 aliphatic heterocycles. The molecule has 26 heavy (non-hydrogen) atoms. The molecular weight excluding hydrogens is 439 g/mol. The van der Waals surface area contributed by atoms with Gasteiger partial charge in [-0.25, -0.2) is 9.37 Å². The summed E-state index contributed by atoms with van der Waals surface area (Å²) in [5, 5.41) is 4.97. The molecule has 5 nitrogen and oxygen atoms in total. The highest BCUT2D eigenvalue weighted by atomic mass is 79.9. The smallest absolute Gasteiger partial charge is 0.275 e. The standard InChI is InChI=1S/C17H16BrFN4OS2/c18-15-22-13(8-25-15)14(24)21-10-3-4-12(19)11(6-10)17-5-1-2-9(17)7-26-16(20)23-17/h3-4,6,8-9H,1-2,5,7H2,(H2,20,23)(H,21,24)/t9-,17-/m0/s1.